The minimum absolute atomic E-state index is 0.232. The van der Waals surface area contributed by atoms with Gasteiger partial charge in [0.05, 0.1) is 18.0 Å². The van der Waals surface area contributed by atoms with Crippen LogP contribution in [0.5, 0.6) is 5.75 Å². The number of hydrogen-bond donors (Lipinski definition) is 1. The Labute approximate surface area is 162 Å². The lowest BCUT2D eigenvalue weighted by Gasteiger charge is -2.06. The van der Waals surface area contributed by atoms with E-state index in [2.05, 4.69) is 29.2 Å². The molecule has 3 aromatic heterocycles. The summed E-state index contributed by atoms with van der Waals surface area (Å²) in [5, 5.41) is 9.28. The van der Waals surface area contributed by atoms with Gasteiger partial charge in [-0.05, 0) is 42.3 Å². The Morgan fingerprint density at radius 1 is 1.18 bits per heavy atom. The maximum absolute atomic E-state index is 12.6. The van der Waals surface area contributed by atoms with Gasteiger partial charge >= 0.3 is 0 Å². The van der Waals surface area contributed by atoms with Crippen molar-refractivity contribution in [1.29, 1.82) is 0 Å². The van der Waals surface area contributed by atoms with Crippen LogP contribution in [0.3, 0.4) is 0 Å². The minimum atomic E-state index is -0.232. The van der Waals surface area contributed by atoms with Gasteiger partial charge in [-0.2, -0.15) is 5.10 Å². The Bertz CT molecular complexity index is 1150. The number of anilines is 1. The molecule has 0 aliphatic carbocycles. The SMILES string of the molecule is COc1ccc2nc3c(cc2c1)c(NC(=O)c1ccncc1)nn3CC(C)C. The van der Waals surface area contributed by atoms with Crippen molar-refractivity contribution in [2.75, 3.05) is 12.4 Å². The van der Waals surface area contributed by atoms with Gasteiger partial charge in [-0.1, -0.05) is 13.8 Å². The number of benzene rings is 1. The van der Waals surface area contributed by atoms with E-state index in [1.54, 1.807) is 31.6 Å². The normalized spacial score (nSPS) is 11.3. The highest BCUT2D eigenvalue weighted by atomic mass is 16.5. The fourth-order valence-corrected chi connectivity index (χ4v) is 3.11. The summed E-state index contributed by atoms with van der Waals surface area (Å²) in [4.78, 5) is 21.4. The van der Waals surface area contributed by atoms with E-state index in [4.69, 9.17) is 9.72 Å². The lowest BCUT2D eigenvalue weighted by molar-refractivity contribution is 0.102. The average Bonchev–Trinajstić information content (AvgIpc) is 3.02. The van der Waals surface area contributed by atoms with Gasteiger partial charge in [-0.3, -0.25) is 9.78 Å². The summed E-state index contributed by atoms with van der Waals surface area (Å²) in [5.74, 6) is 1.41. The summed E-state index contributed by atoms with van der Waals surface area (Å²) < 4.78 is 7.17. The Balaban J connectivity index is 1.84. The van der Waals surface area contributed by atoms with Crippen LogP contribution in [0, 0.1) is 5.92 Å². The first-order valence-corrected chi connectivity index (χ1v) is 9.12. The van der Waals surface area contributed by atoms with E-state index in [9.17, 15) is 4.79 Å². The molecule has 28 heavy (non-hydrogen) atoms. The third-order valence-electron chi connectivity index (χ3n) is 4.43. The smallest absolute Gasteiger partial charge is 0.256 e. The Kier molecular flexibility index (Phi) is 4.65. The van der Waals surface area contributed by atoms with Crippen molar-refractivity contribution in [3.05, 3.63) is 54.4 Å². The number of aromatic nitrogens is 4. The van der Waals surface area contributed by atoms with Gasteiger partial charge in [0.2, 0.25) is 0 Å². The van der Waals surface area contributed by atoms with Crippen molar-refractivity contribution in [1.82, 2.24) is 19.7 Å². The topological polar surface area (TPSA) is 81.9 Å². The number of rotatable bonds is 5. The summed E-state index contributed by atoms with van der Waals surface area (Å²) in [6.45, 7) is 4.94. The highest BCUT2D eigenvalue weighted by Gasteiger charge is 2.17. The van der Waals surface area contributed by atoms with Crippen LogP contribution in [0.1, 0.15) is 24.2 Å². The number of fused-ring (bicyclic) bond motifs is 2. The molecule has 0 spiro atoms. The molecule has 7 heteroatoms. The van der Waals surface area contributed by atoms with Crippen LogP contribution in [0.4, 0.5) is 5.82 Å². The molecule has 0 aliphatic heterocycles. The maximum Gasteiger partial charge on any atom is 0.256 e. The summed E-state index contributed by atoms with van der Waals surface area (Å²) >= 11 is 0. The standard InChI is InChI=1S/C21H21N5O2/c1-13(2)12-26-20-17(11-15-10-16(28-3)4-5-18(15)23-20)19(25-26)24-21(27)14-6-8-22-9-7-14/h4-11,13H,12H2,1-3H3,(H,24,25,27). The zero-order valence-corrected chi connectivity index (χ0v) is 16.0. The number of pyridine rings is 2. The molecule has 4 aromatic rings. The highest BCUT2D eigenvalue weighted by molar-refractivity contribution is 6.08. The molecule has 0 saturated carbocycles. The van der Waals surface area contributed by atoms with Gasteiger partial charge in [-0.25, -0.2) is 9.67 Å². The predicted molar refractivity (Wildman–Crippen MR) is 109 cm³/mol. The quantitative estimate of drug-likeness (QED) is 0.572. The Morgan fingerprint density at radius 2 is 1.96 bits per heavy atom. The molecule has 0 radical (unpaired) electrons. The number of carbonyl (C=O) groups excluding carboxylic acids is 1. The van der Waals surface area contributed by atoms with E-state index in [0.29, 0.717) is 23.8 Å². The number of ether oxygens (including phenoxy) is 1. The minimum Gasteiger partial charge on any atom is -0.497 e. The zero-order valence-electron chi connectivity index (χ0n) is 16.0. The number of nitrogens with zero attached hydrogens (tertiary/aromatic N) is 4. The molecule has 0 fully saturated rings. The van der Waals surface area contributed by atoms with E-state index < -0.39 is 0 Å². The molecule has 1 aromatic carbocycles. The van der Waals surface area contributed by atoms with Crippen molar-refractivity contribution in [2.24, 2.45) is 5.92 Å². The Morgan fingerprint density at radius 3 is 2.68 bits per heavy atom. The molecule has 1 N–H and O–H groups in total. The second kappa shape index (κ2) is 7.26. The van der Waals surface area contributed by atoms with E-state index in [1.165, 1.54) is 0 Å². The predicted octanol–water partition coefficient (Wildman–Crippen LogP) is 3.90. The molecule has 3 heterocycles. The Hall–Kier alpha value is -3.48. The summed E-state index contributed by atoms with van der Waals surface area (Å²) in [6, 6.07) is 11.1. The average molecular weight is 375 g/mol. The van der Waals surface area contributed by atoms with Gasteiger partial charge in [0, 0.05) is 29.9 Å². The lowest BCUT2D eigenvalue weighted by Crippen LogP contribution is -2.13. The number of methoxy groups -OCH3 is 1. The third kappa shape index (κ3) is 3.38. The number of nitrogens with one attached hydrogen (secondary N) is 1. The molecule has 0 atom stereocenters. The molecule has 1 amide bonds. The molecular formula is C21H21N5O2. The second-order valence-corrected chi connectivity index (χ2v) is 7.03. The van der Waals surface area contributed by atoms with Crippen molar-refractivity contribution >= 4 is 33.7 Å². The van der Waals surface area contributed by atoms with Crippen molar-refractivity contribution in [2.45, 2.75) is 20.4 Å². The molecular weight excluding hydrogens is 354 g/mol. The van der Waals surface area contributed by atoms with Crippen LogP contribution in [-0.4, -0.2) is 32.8 Å². The number of amides is 1. The third-order valence-corrected chi connectivity index (χ3v) is 4.43. The van der Waals surface area contributed by atoms with Crippen molar-refractivity contribution < 1.29 is 9.53 Å². The number of carbonyl (C=O) groups is 1. The van der Waals surface area contributed by atoms with Crippen LogP contribution in [-0.2, 0) is 6.54 Å². The molecule has 0 aliphatic rings. The van der Waals surface area contributed by atoms with Crippen LogP contribution in [0.25, 0.3) is 21.9 Å². The largest absolute Gasteiger partial charge is 0.497 e. The first-order valence-electron chi connectivity index (χ1n) is 9.12. The first kappa shape index (κ1) is 17.9. The fraction of sp³-hybridized carbons (Fsp3) is 0.238. The van der Waals surface area contributed by atoms with Gasteiger partial charge < -0.3 is 10.1 Å². The van der Waals surface area contributed by atoms with Gasteiger partial charge in [-0.15, -0.1) is 0 Å². The zero-order chi connectivity index (χ0) is 19.7. The van der Waals surface area contributed by atoms with Crippen molar-refractivity contribution in [3.63, 3.8) is 0 Å². The van der Waals surface area contributed by atoms with E-state index >= 15 is 0 Å². The summed E-state index contributed by atoms with van der Waals surface area (Å²) in [6.07, 6.45) is 3.18. The molecule has 0 unspecified atom stereocenters. The van der Waals surface area contributed by atoms with Gasteiger partial charge in [0.1, 0.15) is 5.75 Å². The van der Waals surface area contributed by atoms with E-state index in [-0.39, 0.29) is 5.91 Å². The van der Waals surface area contributed by atoms with Crippen LogP contribution >= 0.6 is 0 Å². The molecule has 0 saturated heterocycles. The van der Waals surface area contributed by atoms with Crippen LogP contribution < -0.4 is 10.1 Å². The molecule has 4 rings (SSSR count). The van der Waals surface area contributed by atoms with E-state index in [1.807, 2.05) is 28.9 Å². The summed E-state index contributed by atoms with van der Waals surface area (Å²) in [5.41, 5.74) is 2.12. The van der Waals surface area contributed by atoms with E-state index in [0.717, 1.165) is 27.7 Å². The number of hydrogen-bond acceptors (Lipinski definition) is 5. The maximum atomic E-state index is 12.6. The monoisotopic (exact) mass is 375 g/mol. The van der Waals surface area contributed by atoms with Crippen molar-refractivity contribution in [3.8, 4) is 5.75 Å². The molecule has 0 bridgehead atoms. The first-order chi connectivity index (χ1) is 13.5. The van der Waals surface area contributed by atoms with Crippen LogP contribution in [0.2, 0.25) is 0 Å². The molecule has 7 nitrogen and oxygen atoms in total. The van der Waals surface area contributed by atoms with Gasteiger partial charge in [0.15, 0.2) is 11.5 Å². The van der Waals surface area contributed by atoms with Gasteiger partial charge in [0.25, 0.3) is 5.91 Å². The summed E-state index contributed by atoms with van der Waals surface area (Å²) in [7, 11) is 1.63. The second-order valence-electron chi connectivity index (χ2n) is 7.03. The molecule has 142 valence electrons. The van der Waals surface area contributed by atoms with Crippen LogP contribution in [0.15, 0.2) is 48.8 Å². The highest BCUT2D eigenvalue weighted by Crippen LogP contribution is 2.28. The lowest BCUT2D eigenvalue weighted by atomic mass is 10.1. The fourth-order valence-electron chi connectivity index (χ4n) is 3.11.